The maximum atomic E-state index is 10.3. The van der Waals surface area contributed by atoms with Crippen molar-refractivity contribution < 1.29 is 4.79 Å². The lowest BCUT2D eigenvalue weighted by molar-refractivity contribution is -0.107. The van der Waals surface area contributed by atoms with Gasteiger partial charge < -0.3 is 4.79 Å². The average Bonchev–Trinajstić information content (AvgIpc) is 2.34. The number of hydrogen-bond donors (Lipinski definition) is 0. The maximum absolute atomic E-state index is 10.3. The zero-order chi connectivity index (χ0) is 7.56. The molecular formula is C6H4Br2OS. The molecule has 0 spiro atoms. The molecule has 0 saturated heterocycles. The lowest BCUT2D eigenvalue weighted by atomic mass is 10.4. The average molecular weight is 284 g/mol. The Morgan fingerprint density at radius 1 is 1.60 bits per heavy atom. The second-order valence-electron chi connectivity index (χ2n) is 1.68. The molecule has 0 unspecified atom stereocenters. The van der Waals surface area contributed by atoms with Gasteiger partial charge >= 0.3 is 0 Å². The number of carbonyl (C=O) groups excluding carboxylic acids is 1. The van der Waals surface area contributed by atoms with E-state index in [1.54, 1.807) is 11.3 Å². The Labute approximate surface area is 79.7 Å². The van der Waals surface area contributed by atoms with Crippen LogP contribution < -0.4 is 0 Å². The van der Waals surface area contributed by atoms with Crippen LogP contribution in [0.2, 0.25) is 0 Å². The van der Waals surface area contributed by atoms with Gasteiger partial charge in [0.15, 0.2) is 0 Å². The zero-order valence-corrected chi connectivity index (χ0v) is 8.87. The number of thiophene rings is 1. The van der Waals surface area contributed by atoms with Crippen molar-refractivity contribution in [1.29, 1.82) is 0 Å². The Balaban J connectivity index is 2.84. The smallest absolute Gasteiger partial charge is 0.138 e. The molecule has 0 aliphatic carbocycles. The molecule has 1 aromatic heterocycles. The number of rotatable bonds is 2. The summed E-state index contributed by atoms with van der Waals surface area (Å²) < 4.78 is 1.05. The van der Waals surface area contributed by atoms with Crippen LogP contribution in [-0.2, 0) is 4.79 Å². The van der Waals surface area contributed by atoms with Gasteiger partial charge in [-0.05, 0) is 28.1 Å². The normalized spacial score (nSPS) is 13.0. The molecule has 1 aromatic rings. The molecule has 1 nitrogen and oxygen atoms in total. The summed E-state index contributed by atoms with van der Waals surface area (Å²) in [7, 11) is 0. The van der Waals surface area contributed by atoms with Gasteiger partial charge in [-0.3, -0.25) is 0 Å². The highest BCUT2D eigenvalue weighted by molar-refractivity contribution is 9.11. The van der Waals surface area contributed by atoms with E-state index in [0.717, 1.165) is 14.9 Å². The van der Waals surface area contributed by atoms with Crippen LogP contribution in [0.1, 0.15) is 9.70 Å². The lowest BCUT2D eigenvalue weighted by Crippen LogP contribution is -1.83. The number of halogens is 2. The summed E-state index contributed by atoms with van der Waals surface area (Å²) in [4.78, 5) is 11.1. The molecule has 1 rings (SSSR count). The minimum Gasteiger partial charge on any atom is -0.302 e. The minimum absolute atomic E-state index is 0.149. The van der Waals surface area contributed by atoms with Gasteiger partial charge in [-0.25, -0.2) is 0 Å². The number of alkyl halides is 1. The van der Waals surface area contributed by atoms with Crippen LogP contribution in [0, 0.1) is 0 Å². The molecule has 0 radical (unpaired) electrons. The molecular weight excluding hydrogens is 280 g/mol. The number of carbonyl (C=O) groups is 1. The Kier molecular flexibility index (Phi) is 3.07. The van der Waals surface area contributed by atoms with Crippen molar-refractivity contribution >= 4 is 49.5 Å². The van der Waals surface area contributed by atoms with Crippen molar-refractivity contribution in [3.63, 3.8) is 0 Å². The molecule has 0 saturated carbocycles. The van der Waals surface area contributed by atoms with Gasteiger partial charge in [0, 0.05) is 4.88 Å². The predicted octanol–water partition coefficient (Wildman–Crippen LogP) is 3.15. The standard InChI is InChI=1S/C6H4Br2OS/c7-4(3-9)5-1-2-6(8)10-5/h1-4H/t4-/m0/s1. The van der Waals surface area contributed by atoms with Crippen molar-refractivity contribution in [1.82, 2.24) is 0 Å². The fourth-order valence-electron chi connectivity index (χ4n) is 0.544. The van der Waals surface area contributed by atoms with E-state index < -0.39 is 0 Å². The summed E-state index contributed by atoms with van der Waals surface area (Å²) in [6.45, 7) is 0. The van der Waals surface area contributed by atoms with E-state index in [2.05, 4.69) is 31.9 Å². The van der Waals surface area contributed by atoms with E-state index in [4.69, 9.17) is 0 Å². The molecule has 1 heterocycles. The predicted molar refractivity (Wildman–Crippen MR) is 49.8 cm³/mol. The van der Waals surface area contributed by atoms with Crippen LogP contribution in [0.5, 0.6) is 0 Å². The topological polar surface area (TPSA) is 17.1 Å². The number of aldehydes is 1. The van der Waals surface area contributed by atoms with Crippen LogP contribution in [0.4, 0.5) is 0 Å². The van der Waals surface area contributed by atoms with Gasteiger partial charge in [-0.1, -0.05) is 15.9 Å². The molecule has 0 aliphatic rings. The molecule has 1 atom stereocenters. The van der Waals surface area contributed by atoms with E-state index >= 15 is 0 Å². The van der Waals surface area contributed by atoms with Gasteiger partial charge in [0.2, 0.25) is 0 Å². The monoisotopic (exact) mass is 282 g/mol. The summed E-state index contributed by atoms with van der Waals surface area (Å²) >= 11 is 8.09. The third-order valence-electron chi connectivity index (χ3n) is 0.985. The quantitative estimate of drug-likeness (QED) is 0.602. The summed E-state index contributed by atoms with van der Waals surface area (Å²) in [5.41, 5.74) is 0. The molecule has 0 aliphatic heterocycles. The van der Waals surface area contributed by atoms with Crippen molar-refractivity contribution in [2.24, 2.45) is 0 Å². The fourth-order valence-corrected chi connectivity index (χ4v) is 2.33. The number of hydrogen-bond acceptors (Lipinski definition) is 2. The Bertz CT molecular complexity index is 233. The molecule has 0 N–H and O–H groups in total. The second-order valence-corrected chi connectivity index (χ2v) is 5.16. The zero-order valence-electron chi connectivity index (χ0n) is 4.88. The van der Waals surface area contributed by atoms with Crippen LogP contribution in [0.25, 0.3) is 0 Å². The summed E-state index contributed by atoms with van der Waals surface area (Å²) in [6.07, 6.45) is 0.873. The van der Waals surface area contributed by atoms with E-state index in [-0.39, 0.29) is 4.83 Å². The van der Waals surface area contributed by atoms with Crippen LogP contribution in [0.15, 0.2) is 15.9 Å². The third kappa shape index (κ3) is 1.90. The van der Waals surface area contributed by atoms with Crippen LogP contribution in [0.3, 0.4) is 0 Å². The molecule has 0 amide bonds. The lowest BCUT2D eigenvalue weighted by Gasteiger charge is -1.92. The Morgan fingerprint density at radius 2 is 2.30 bits per heavy atom. The van der Waals surface area contributed by atoms with E-state index in [1.807, 2.05) is 12.1 Å². The fraction of sp³-hybridized carbons (Fsp3) is 0.167. The first kappa shape index (κ1) is 8.43. The highest BCUT2D eigenvalue weighted by atomic mass is 79.9. The molecule has 10 heavy (non-hydrogen) atoms. The van der Waals surface area contributed by atoms with Crippen LogP contribution >= 0.6 is 43.2 Å². The Morgan fingerprint density at radius 3 is 2.70 bits per heavy atom. The van der Waals surface area contributed by atoms with Gasteiger partial charge in [-0.2, -0.15) is 0 Å². The second kappa shape index (κ2) is 3.64. The van der Waals surface area contributed by atoms with Gasteiger partial charge in [0.1, 0.15) is 11.1 Å². The first-order valence-corrected chi connectivity index (χ1v) is 5.11. The van der Waals surface area contributed by atoms with Gasteiger partial charge in [0.25, 0.3) is 0 Å². The summed E-state index contributed by atoms with van der Waals surface area (Å²) in [6, 6.07) is 3.85. The first-order valence-electron chi connectivity index (χ1n) is 2.58. The van der Waals surface area contributed by atoms with Crippen molar-refractivity contribution in [2.45, 2.75) is 4.83 Å². The molecule has 4 heteroatoms. The van der Waals surface area contributed by atoms with Crippen LogP contribution in [-0.4, -0.2) is 6.29 Å². The minimum atomic E-state index is -0.149. The summed E-state index contributed by atoms with van der Waals surface area (Å²) in [5.74, 6) is 0. The molecule has 54 valence electrons. The van der Waals surface area contributed by atoms with E-state index in [9.17, 15) is 4.79 Å². The van der Waals surface area contributed by atoms with Gasteiger partial charge in [0.05, 0.1) is 3.79 Å². The van der Waals surface area contributed by atoms with Gasteiger partial charge in [-0.15, -0.1) is 11.3 Å². The molecule has 0 bridgehead atoms. The molecule has 0 aromatic carbocycles. The van der Waals surface area contributed by atoms with E-state index in [0.29, 0.717) is 0 Å². The SMILES string of the molecule is O=C[C@H](Br)c1ccc(Br)s1. The first-order chi connectivity index (χ1) is 4.74. The van der Waals surface area contributed by atoms with E-state index in [1.165, 1.54) is 0 Å². The van der Waals surface area contributed by atoms with Crippen molar-refractivity contribution in [3.05, 3.63) is 20.8 Å². The summed E-state index contributed by atoms with van der Waals surface area (Å²) in [5, 5.41) is 0. The highest BCUT2D eigenvalue weighted by Crippen LogP contribution is 2.30. The van der Waals surface area contributed by atoms with Crippen molar-refractivity contribution in [3.8, 4) is 0 Å². The third-order valence-corrected chi connectivity index (χ3v) is 3.70. The highest BCUT2D eigenvalue weighted by Gasteiger charge is 2.06. The largest absolute Gasteiger partial charge is 0.302 e. The molecule has 0 fully saturated rings. The Hall–Kier alpha value is 0.330. The van der Waals surface area contributed by atoms with Crippen molar-refractivity contribution in [2.75, 3.05) is 0 Å². The maximum Gasteiger partial charge on any atom is 0.138 e.